The van der Waals surface area contributed by atoms with E-state index in [2.05, 4.69) is 25.2 Å². The molecule has 3 heteroatoms. The predicted molar refractivity (Wildman–Crippen MR) is 103 cm³/mol. The fourth-order valence-corrected chi connectivity index (χ4v) is 0.340. The number of rotatable bonds is 0. The van der Waals surface area contributed by atoms with Crippen LogP contribution in [-0.4, -0.2) is 15.1 Å². The SMILES string of the molecule is CC(C)(C)[NH-].C[SiH]C.[C-]1=CC=CC1.[CH3-].[CH3-].[CH3-].[CH3-].[CH3-].[CH3-].[Ti]. The Morgan fingerprint density at radius 1 is 0.950 bits per heavy atom. The van der Waals surface area contributed by atoms with Crippen LogP contribution in [0.15, 0.2) is 18.2 Å². The zero-order valence-corrected chi connectivity index (χ0v) is 18.7. The standard InChI is InChI=1S/C5H5.C4H10N.C2H7Si.6CH3.Ti/c1-2-4-5-3-1;1-4(2,3)5;1-3-2;;;;;;;/h1-3H,4H2;5H,1-3H3;3H,1-2H3;6*1H3;/q2*-1;;6*-1;. The molecule has 1 N–H and O–H groups in total. The molecule has 0 unspecified atom stereocenters. The maximum atomic E-state index is 6.94. The molecule has 1 aliphatic rings. The molecule has 0 saturated heterocycles. The zero-order valence-electron chi connectivity index (χ0n) is 16.0. The van der Waals surface area contributed by atoms with Crippen molar-refractivity contribution in [3.63, 3.8) is 0 Å². The van der Waals surface area contributed by atoms with Crippen molar-refractivity contribution < 1.29 is 21.7 Å². The Kier molecular flexibility index (Phi) is 126. The van der Waals surface area contributed by atoms with Crippen LogP contribution in [0, 0.1) is 50.6 Å². The summed E-state index contributed by atoms with van der Waals surface area (Å²) in [6.45, 7) is 9.98. The third-order valence-corrected chi connectivity index (χ3v) is 0.586. The van der Waals surface area contributed by atoms with E-state index in [4.69, 9.17) is 5.73 Å². The molecule has 0 aromatic carbocycles. The third-order valence-electron chi connectivity index (χ3n) is 0.586. The summed E-state index contributed by atoms with van der Waals surface area (Å²) in [4.78, 5) is 0. The molecule has 1 rings (SSSR count). The Morgan fingerprint density at radius 3 is 1.25 bits per heavy atom. The normalized spacial score (nSPS) is 8.30. The van der Waals surface area contributed by atoms with Gasteiger partial charge in [0.1, 0.15) is 0 Å². The second-order valence-corrected chi connectivity index (χ2v) is 4.99. The summed E-state index contributed by atoms with van der Waals surface area (Å²) in [6.07, 6.45) is 10.0. The molecule has 0 aromatic rings. The molecular weight excluding hydrogens is 294 g/mol. The minimum atomic E-state index is -0.250. The largest absolute Gasteiger partial charge is 0.673 e. The average molecular weight is 334 g/mol. The van der Waals surface area contributed by atoms with Gasteiger partial charge in [0.15, 0.2) is 0 Å². The zero-order chi connectivity index (χ0) is 10.7. The van der Waals surface area contributed by atoms with Gasteiger partial charge < -0.3 is 50.3 Å². The van der Waals surface area contributed by atoms with Crippen molar-refractivity contribution >= 4 is 9.52 Å². The molecule has 0 spiro atoms. The number of hydrogen-bond donors (Lipinski definition) is 0. The summed E-state index contributed by atoms with van der Waals surface area (Å²) in [5.41, 5.74) is 6.69. The van der Waals surface area contributed by atoms with Gasteiger partial charge in [-0.3, -0.25) is 6.08 Å². The van der Waals surface area contributed by atoms with Crippen LogP contribution in [0.25, 0.3) is 5.73 Å². The van der Waals surface area contributed by atoms with Crippen LogP contribution in [0.2, 0.25) is 13.1 Å². The van der Waals surface area contributed by atoms with Crippen LogP contribution in [0.1, 0.15) is 27.2 Å². The first-order chi connectivity index (χ1) is 5.91. The summed E-state index contributed by atoms with van der Waals surface area (Å²) in [5, 5.41) is 0. The fourth-order valence-electron chi connectivity index (χ4n) is 0.340. The van der Waals surface area contributed by atoms with E-state index in [1.807, 2.05) is 32.9 Å². The summed E-state index contributed by atoms with van der Waals surface area (Å²) >= 11 is 0. The van der Waals surface area contributed by atoms with E-state index in [0.29, 0.717) is 0 Å². The smallest absolute Gasteiger partial charge is 0.0213 e. The van der Waals surface area contributed by atoms with Gasteiger partial charge >= 0.3 is 0 Å². The van der Waals surface area contributed by atoms with Crippen molar-refractivity contribution in [2.24, 2.45) is 0 Å². The molecule has 0 aliphatic heterocycles. The summed E-state index contributed by atoms with van der Waals surface area (Å²) in [5.74, 6) is 0. The van der Waals surface area contributed by atoms with Crippen molar-refractivity contribution in [1.82, 2.24) is 0 Å². The Morgan fingerprint density at radius 2 is 1.20 bits per heavy atom. The van der Waals surface area contributed by atoms with Gasteiger partial charge in [0, 0.05) is 31.2 Å². The van der Waals surface area contributed by atoms with Crippen LogP contribution < -0.4 is 0 Å². The summed E-state index contributed by atoms with van der Waals surface area (Å²) in [6, 6.07) is 0. The van der Waals surface area contributed by atoms with Crippen LogP contribution in [-0.2, 0) is 21.7 Å². The van der Waals surface area contributed by atoms with Gasteiger partial charge in [-0.1, -0.05) is 33.9 Å². The van der Waals surface area contributed by atoms with Gasteiger partial charge in [-0.2, -0.15) is 6.08 Å². The van der Waals surface area contributed by atoms with Gasteiger partial charge in [0.25, 0.3) is 0 Å². The minimum absolute atomic E-state index is 0. The van der Waals surface area contributed by atoms with Gasteiger partial charge in [-0.15, -0.1) is 12.0 Å². The number of allylic oxidation sites excluding steroid dienone is 4. The van der Waals surface area contributed by atoms with Gasteiger partial charge in [-0.25, -0.2) is 12.2 Å². The van der Waals surface area contributed by atoms with Crippen LogP contribution >= 0.6 is 0 Å². The predicted octanol–water partition coefficient (Wildman–Crippen LogP) is 6.36. The minimum Gasteiger partial charge on any atom is -0.673 e. The molecule has 1 nitrogen and oxygen atoms in total. The van der Waals surface area contributed by atoms with E-state index in [-0.39, 0.29) is 71.8 Å². The van der Waals surface area contributed by atoms with Gasteiger partial charge in [0.2, 0.25) is 0 Å². The maximum Gasteiger partial charge on any atom is 0.0213 e. The second-order valence-electron chi connectivity index (χ2n) is 3.83. The molecule has 0 bridgehead atoms. The molecule has 0 fully saturated rings. The molecule has 0 saturated carbocycles. The molecule has 129 valence electrons. The van der Waals surface area contributed by atoms with Crippen molar-refractivity contribution in [2.75, 3.05) is 0 Å². The van der Waals surface area contributed by atoms with Gasteiger partial charge in [0.05, 0.1) is 0 Å². The topological polar surface area (TPSA) is 23.8 Å². The van der Waals surface area contributed by atoms with Crippen LogP contribution in [0.5, 0.6) is 0 Å². The number of hydrogen-bond acceptors (Lipinski definition) is 0. The van der Waals surface area contributed by atoms with E-state index < -0.39 is 0 Å². The maximum absolute atomic E-state index is 6.94. The van der Waals surface area contributed by atoms with Crippen molar-refractivity contribution in [2.45, 2.75) is 45.8 Å². The Balaban J connectivity index is -0.0000000113. The Bertz CT molecular complexity index is 134. The van der Waals surface area contributed by atoms with E-state index in [1.54, 1.807) is 0 Å². The average Bonchev–Trinajstić information content (AvgIpc) is 2.36. The molecule has 1 aliphatic carbocycles. The Hall–Kier alpha value is 0.371. The van der Waals surface area contributed by atoms with Crippen LogP contribution in [0.3, 0.4) is 0 Å². The second kappa shape index (κ2) is 42.7. The quantitative estimate of drug-likeness (QED) is 0.363. The van der Waals surface area contributed by atoms with Crippen molar-refractivity contribution in [3.8, 4) is 0 Å². The van der Waals surface area contributed by atoms with Crippen molar-refractivity contribution in [1.29, 1.82) is 0 Å². The molecule has 0 heterocycles. The summed E-state index contributed by atoms with van der Waals surface area (Å²) in [7, 11) is 0.750. The van der Waals surface area contributed by atoms with E-state index >= 15 is 0 Å². The Labute approximate surface area is 151 Å². The van der Waals surface area contributed by atoms with Crippen LogP contribution in [0.4, 0.5) is 0 Å². The monoisotopic (exact) mass is 334 g/mol. The first-order valence-electron chi connectivity index (χ1n) is 4.62. The van der Waals surface area contributed by atoms with Crippen molar-refractivity contribution in [3.05, 3.63) is 74.6 Å². The molecule has 20 heavy (non-hydrogen) atoms. The molecule has 1 radical (unpaired) electrons. The molecule has 0 aromatic heterocycles. The third kappa shape index (κ3) is 192. The molecular formula is C17H40NSiTi-8. The molecule has 0 atom stereocenters. The van der Waals surface area contributed by atoms with E-state index in [1.165, 1.54) is 0 Å². The van der Waals surface area contributed by atoms with Gasteiger partial charge in [-0.05, 0) is 0 Å². The van der Waals surface area contributed by atoms with E-state index in [9.17, 15) is 0 Å². The van der Waals surface area contributed by atoms with E-state index in [0.717, 1.165) is 15.9 Å². The number of nitrogens with one attached hydrogen (secondary N) is 1. The first kappa shape index (κ1) is 59.1. The molecule has 0 amide bonds. The summed E-state index contributed by atoms with van der Waals surface area (Å²) < 4.78 is 0. The fraction of sp³-hybridized carbons (Fsp3) is 0.412. The first-order valence-corrected chi connectivity index (χ1v) is 6.93.